The van der Waals surface area contributed by atoms with Gasteiger partial charge in [0.25, 0.3) is 0 Å². The standard InChI is InChI=1S/C13H17NO2S.C8H9NO/c15-13-6-3-10-9-11(4-5-12(10)14-13)16-7-1-2-8-17;1-7(10)9-8-5-3-2-4-6-8/h4-5,9,17H,1-3,6-8H2,(H,14,15);2-6H,1H3,(H,9,10). The highest BCUT2D eigenvalue weighted by atomic mass is 32.1. The van der Waals surface area contributed by atoms with Crippen molar-refractivity contribution < 1.29 is 14.3 Å². The van der Waals surface area contributed by atoms with E-state index in [4.69, 9.17) is 4.74 Å². The van der Waals surface area contributed by atoms with Crippen LogP contribution in [0.15, 0.2) is 48.5 Å². The topological polar surface area (TPSA) is 67.4 Å². The number of ether oxygens (including phenoxy) is 1. The molecule has 0 aliphatic carbocycles. The monoisotopic (exact) mass is 386 g/mol. The van der Waals surface area contributed by atoms with Crippen LogP contribution in [0.25, 0.3) is 0 Å². The van der Waals surface area contributed by atoms with E-state index in [1.807, 2.05) is 48.5 Å². The van der Waals surface area contributed by atoms with Gasteiger partial charge in [0.05, 0.1) is 6.61 Å². The van der Waals surface area contributed by atoms with Crippen molar-refractivity contribution in [2.45, 2.75) is 32.6 Å². The number of para-hydroxylation sites is 1. The number of hydrogen-bond donors (Lipinski definition) is 3. The van der Waals surface area contributed by atoms with Gasteiger partial charge < -0.3 is 15.4 Å². The molecule has 27 heavy (non-hydrogen) atoms. The quantitative estimate of drug-likeness (QED) is 0.512. The predicted molar refractivity (Wildman–Crippen MR) is 113 cm³/mol. The molecule has 0 radical (unpaired) electrons. The number of nitrogens with one attached hydrogen (secondary N) is 2. The number of aryl methyl sites for hydroxylation is 1. The fourth-order valence-corrected chi connectivity index (χ4v) is 2.80. The average molecular weight is 387 g/mol. The zero-order valence-electron chi connectivity index (χ0n) is 15.5. The summed E-state index contributed by atoms with van der Waals surface area (Å²) in [5, 5.41) is 5.52. The zero-order valence-corrected chi connectivity index (χ0v) is 16.4. The van der Waals surface area contributed by atoms with E-state index in [2.05, 4.69) is 23.3 Å². The first-order valence-corrected chi connectivity index (χ1v) is 9.71. The van der Waals surface area contributed by atoms with Gasteiger partial charge in [-0.05, 0) is 60.9 Å². The van der Waals surface area contributed by atoms with Gasteiger partial charge in [0.1, 0.15) is 5.75 Å². The van der Waals surface area contributed by atoms with E-state index in [1.54, 1.807) is 0 Å². The Kier molecular flexibility index (Phi) is 8.71. The number of anilines is 2. The zero-order chi connectivity index (χ0) is 19.5. The Labute approximate surface area is 165 Å². The molecule has 0 saturated heterocycles. The number of fused-ring (bicyclic) bond motifs is 1. The van der Waals surface area contributed by atoms with Gasteiger partial charge in [0.15, 0.2) is 0 Å². The summed E-state index contributed by atoms with van der Waals surface area (Å²) in [4.78, 5) is 21.7. The first-order chi connectivity index (χ1) is 13.1. The summed E-state index contributed by atoms with van der Waals surface area (Å²) in [6, 6.07) is 15.2. The smallest absolute Gasteiger partial charge is 0.224 e. The van der Waals surface area contributed by atoms with Gasteiger partial charge in [-0.3, -0.25) is 9.59 Å². The molecule has 0 unspecified atom stereocenters. The molecule has 0 fully saturated rings. The normalized spacial score (nSPS) is 12.1. The average Bonchev–Trinajstić information content (AvgIpc) is 2.66. The Morgan fingerprint density at radius 1 is 1.15 bits per heavy atom. The Morgan fingerprint density at radius 3 is 2.63 bits per heavy atom. The van der Waals surface area contributed by atoms with E-state index in [1.165, 1.54) is 6.92 Å². The molecule has 0 spiro atoms. The summed E-state index contributed by atoms with van der Waals surface area (Å²) >= 11 is 4.16. The first-order valence-electron chi connectivity index (χ1n) is 9.07. The SMILES string of the molecule is CC(=O)Nc1ccccc1.O=C1CCc2cc(OCCCCS)ccc2N1. The largest absolute Gasteiger partial charge is 0.494 e. The lowest BCUT2D eigenvalue weighted by Gasteiger charge is -2.17. The van der Waals surface area contributed by atoms with Crippen LogP contribution in [0.2, 0.25) is 0 Å². The maximum atomic E-state index is 11.2. The molecule has 6 heteroatoms. The summed E-state index contributed by atoms with van der Waals surface area (Å²) in [6.45, 7) is 2.22. The fraction of sp³-hybridized carbons (Fsp3) is 0.333. The van der Waals surface area contributed by atoms with Gasteiger partial charge in [-0.2, -0.15) is 12.6 Å². The molecule has 0 saturated carbocycles. The predicted octanol–water partition coefficient (Wildman–Crippen LogP) is 4.31. The van der Waals surface area contributed by atoms with Crippen LogP contribution in [0.4, 0.5) is 11.4 Å². The summed E-state index contributed by atoms with van der Waals surface area (Å²) in [6.07, 6.45) is 3.46. The first kappa shape index (κ1) is 20.8. The molecular formula is C21H26N2O3S. The summed E-state index contributed by atoms with van der Waals surface area (Å²) in [7, 11) is 0. The molecule has 2 aromatic rings. The lowest BCUT2D eigenvalue weighted by molar-refractivity contribution is -0.116. The van der Waals surface area contributed by atoms with Crippen molar-refractivity contribution in [3.8, 4) is 5.75 Å². The number of carbonyl (C=O) groups is 2. The van der Waals surface area contributed by atoms with E-state index < -0.39 is 0 Å². The number of carbonyl (C=O) groups excluding carboxylic acids is 2. The van der Waals surface area contributed by atoms with Crippen LogP contribution in [-0.2, 0) is 16.0 Å². The second-order valence-corrected chi connectivity index (χ2v) is 6.64. The van der Waals surface area contributed by atoms with Crippen LogP contribution in [0, 0.1) is 0 Å². The van der Waals surface area contributed by atoms with E-state index in [0.717, 1.165) is 54.3 Å². The molecule has 144 valence electrons. The van der Waals surface area contributed by atoms with Crippen LogP contribution in [0.5, 0.6) is 5.75 Å². The number of unbranched alkanes of at least 4 members (excludes halogenated alkanes) is 1. The van der Waals surface area contributed by atoms with E-state index in [9.17, 15) is 9.59 Å². The molecule has 5 nitrogen and oxygen atoms in total. The lowest BCUT2D eigenvalue weighted by Crippen LogP contribution is -2.18. The molecule has 1 aliphatic rings. The van der Waals surface area contributed by atoms with E-state index in [0.29, 0.717) is 6.42 Å². The molecule has 0 atom stereocenters. The molecule has 2 amide bonds. The third-order valence-corrected chi connectivity index (χ3v) is 4.20. The van der Waals surface area contributed by atoms with Crippen molar-refractivity contribution >= 4 is 35.8 Å². The molecule has 1 heterocycles. The molecule has 2 N–H and O–H groups in total. The molecular weight excluding hydrogens is 360 g/mol. The van der Waals surface area contributed by atoms with Crippen molar-refractivity contribution in [1.29, 1.82) is 0 Å². The van der Waals surface area contributed by atoms with Crippen molar-refractivity contribution in [1.82, 2.24) is 0 Å². The van der Waals surface area contributed by atoms with Gasteiger partial charge in [0, 0.05) is 24.7 Å². The van der Waals surface area contributed by atoms with Gasteiger partial charge >= 0.3 is 0 Å². The van der Waals surface area contributed by atoms with E-state index in [-0.39, 0.29) is 11.8 Å². The minimum Gasteiger partial charge on any atom is -0.494 e. The molecule has 0 bridgehead atoms. The Balaban J connectivity index is 0.000000223. The molecule has 3 rings (SSSR count). The van der Waals surface area contributed by atoms with Crippen molar-refractivity contribution in [2.24, 2.45) is 0 Å². The molecule has 1 aliphatic heterocycles. The Hall–Kier alpha value is -2.47. The van der Waals surface area contributed by atoms with Crippen LogP contribution >= 0.6 is 12.6 Å². The van der Waals surface area contributed by atoms with Gasteiger partial charge in [-0.1, -0.05) is 18.2 Å². The van der Waals surface area contributed by atoms with Crippen LogP contribution in [0.1, 0.15) is 31.7 Å². The summed E-state index contributed by atoms with van der Waals surface area (Å²) in [5.41, 5.74) is 2.93. The second-order valence-electron chi connectivity index (χ2n) is 6.19. The third-order valence-electron chi connectivity index (χ3n) is 3.89. The molecule has 2 aromatic carbocycles. The highest BCUT2D eigenvalue weighted by molar-refractivity contribution is 7.80. The third kappa shape index (κ3) is 7.74. The highest BCUT2D eigenvalue weighted by Gasteiger charge is 2.14. The number of amides is 2. The Bertz CT molecular complexity index is 750. The number of benzene rings is 2. The maximum absolute atomic E-state index is 11.2. The van der Waals surface area contributed by atoms with Crippen molar-refractivity contribution in [3.63, 3.8) is 0 Å². The van der Waals surface area contributed by atoms with Gasteiger partial charge in [-0.15, -0.1) is 0 Å². The minimum atomic E-state index is -0.0359. The summed E-state index contributed by atoms with van der Waals surface area (Å²) in [5.74, 6) is 1.85. The Morgan fingerprint density at radius 2 is 1.93 bits per heavy atom. The fourth-order valence-electron chi connectivity index (χ4n) is 2.58. The number of hydrogen-bond acceptors (Lipinski definition) is 4. The van der Waals surface area contributed by atoms with Crippen molar-refractivity contribution in [3.05, 3.63) is 54.1 Å². The van der Waals surface area contributed by atoms with E-state index >= 15 is 0 Å². The maximum Gasteiger partial charge on any atom is 0.224 e. The highest BCUT2D eigenvalue weighted by Crippen LogP contribution is 2.26. The van der Waals surface area contributed by atoms with Crippen LogP contribution in [0.3, 0.4) is 0 Å². The number of thiol groups is 1. The minimum absolute atomic E-state index is 0.0359. The molecule has 0 aromatic heterocycles. The summed E-state index contributed by atoms with van der Waals surface area (Å²) < 4.78 is 5.65. The van der Waals surface area contributed by atoms with Gasteiger partial charge in [0.2, 0.25) is 11.8 Å². The number of rotatable bonds is 6. The van der Waals surface area contributed by atoms with Crippen LogP contribution < -0.4 is 15.4 Å². The second kappa shape index (κ2) is 11.3. The lowest BCUT2D eigenvalue weighted by atomic mass is 10.0. The van der Waals surface area contributed by atoms with Gasteiger partial charge in [-0.25, -0.2) is 0 Å². The van der Waals surface area contributed by atoms with Crippen LogP contribution in [-0.4, -0.2) is 24.2 Å². The van der Waals surface area contributed by atoms with Crippen molar-refractivity contribution in [2.75, 3.05) is 23.0 Å².